The van der Waals surface area contributed by atoms with E-state index in [1.54, 1.807) is 0 Å². The molecule has 7 nitrogen and oxygen atoms in total. The van der Waals surface area contributed by atoms with Crippen molar-refractivity contribution in [3.8, 4) is 0 Å². The first-order chi connectivity index (χ1) is 9.54. The zero-order valence-corrected chi connectivity index (χ0v) is 10.3. The van der Waals surface area contributed by atoms with Gasteiger partial charge in [-0.15, -0.1) is 0 Å². The van der Waals surface area contributed by atoms with Crippen molar-refractivity contribution in [2.45, 2.75) is 12.8 Å². The summed E-state index contributed by atoms with van der Waals surface area (Å²) < 4.78 is 5.01. The van der Waals surface area contributed by atoms with Crippen LogP contribution in [0.25, 0.3) is 17.2 Å². The van der Waals surface area contributed by atoms with Gasteiger partial charge in [0.2, 0.25) is 0 Å². The fourth-order valence-corrected chi connectivity index (χ4v) is 1.85. The predicted octanol–water partition coefficient (Wildman–Crippen LogP) is 2.41. The van der Waals surface area contributed by atoms with Crippen molar-refractivity contribution in [3.63, 3.8) is 0 Å². The van der Waals surface area contributed by atoms with Crippen molar-refractivity contribution in [3.05, 3.63) is 50.2 Å². The molecule has 102 valence electrons. The molecule has 0 amide bonds. The topological polar surface area (TPSA) is 106 Å². The summed E-state index contributed by atoms with van der Waals surface area (Å²) in [7, 11) is 0. The van der Waals surface area contributed by atoms with Gasteiger partial charge >= 0.3 is 5.63 Å². The molecule has 1 fully saturated rings. The molecule has 7 heteroatoms. The third kappa shape index (κ3) is 2.25. The number of nitro benzene ring substituents is 1. The smallest absolute Gasteiger partial charge is 0.362 e. The van der Waals surface area contributed by atoms with Crippen molar-refractivity contribution in [2.75, 3.05) is 0 Å². The minimum Gasteiger partial charge on any atom is -0.512 e. The number of benzene rings is 1. The number of aliphatic hydroxyl groups is 1. The lowest BCUT2D eigenvalue weighted by molar-refractivity contribution is -0.384. The summed E-state index contributed by atoms with van der Waals surface area (Å²) in [6, 6.07) is 3.84. The van der Waals surface area contributed by atoms with E-state index in [9.17, 15) is 20.0 Å². The first kappa shape index (κ1) is 12.3. The Morgan fingerprint density at radius 1 is 1.50 bits per heavy atom. The number of aliphatic hydroxyl groups excluding tert-OH is 1. The lowest BCUT2D eigenvalue weighted by atomic mass is 10.2. The quantitative estimate of drug-likeness (QED) is 0.523. The zero-order valence-electron chi connectivity index (χ0n) is 10.3. The first-order valence-corrected chi connectivity index (χ1v) is 6.04. The van der Waals surface area contributed by atoms with E-state index in [4.69, 9.17) is 4.42 Å². The van der Waals surface area contributed by atoms with E-state index in [1.165, 1.54) is 18.2 Å². The van der Waals surface area contributed by atoms with E-state index in [0.29, 0.717) is 5.52 Å². The van der Waals surface area contributed by atoms with Gasteiger partial charge in [-0.1, -0.05) is 0 Å². The van der Waals surface area contributed by atoms with Crippen LogP contribution in [-0.2, 0) is 0 Å². The average Bonchev–Trinajstić information content (AvgIpc) is 3.23. The number of nitrogens with zero attached hydrogens (tertiary/aromatic N) is 2. The van der Waals surface area contributed by atoms with Gasteiger partial charge < -0.3 is 9.52 Å². The molecule has 0 radical (unpaired) electrons. The average molecular weight is 274 g/mol. The van der Waals surface area contributed by atoms with Crippen LogP contribution >= 0.6 is 0 Å². The summed E-state index contributed by atoms with van der Waals surface area (Å²) in [6.07, 6.45) is 3.09. The molecular formula is C13H10N2O5. The molecule has 3 rings (SSSR count). The van der Waals surface area contributed by atoms with E-state index in [0.717, 1.165) is 18.9 Å². The molecule has 20 heavy (non-hydrogen) atoms. The summed E-state index contributed by atoms with van der Waals surface area (Å²) in [4.78, 5) is 25.9. The van der Waals surface area contributed by atoms with Crippen molar-refractivity contribution < 1.29 is 14.4 Å². The fourth-order valence-electron chi connectivity index (χ4n) is 1.85. The molecule has 2 aromatic rings. The molecule has 1 aromatic carbocycles. The maximum atomic E-state index is 11.7. The Morgan fingerprint density at radius 3 is 2.90 bits per heavy atom. The lowest BCUT2D eigenvalue weighted by Gasteiger charge is -1.99. The highest BCUT2D eigenvalue weighted by molar-refractivity contribution is 5.75. The summed E-state index contributed by atoms with van der Waals surface area (Å²) in [6.45, 7) is 0. The molecule has 0 aliphatic heterocycles. The second-order valence-electron chi connectivity index (χ2n) is 4.64. The third-order valence-corrected chi connectivity index (χ3v) is 3.09. The van der Waals surface area contributed by atoms with Gasteiger partial charge in [-0.25, -0.2) is 9.78 Å². The molecule has 1 aromatic heterocycles. The molecule has 0 atom stereocenters. The highest BCUT2D eigenvalue weighted by atomic mass is 16.6. The van der Waals surface area contributed by atoms with Gasteiger partial charge in [-0.3, -0.25) is 10.1 Å². The van der Waals surface area contributed by atoms with Gasteiger partial charge in [0.25, 0.3) is 5.69 Å². The number of hydrogen-bond acceptors (Lipinski definition) is 6. The Hall–Kier alpha value is -2.70. The summed E-state index contributed by atoms with van der Waals surface area (Å²) in [5, 5.41) is 20.4. The number of aromatic nitrogens is 1. The molecule has 0 unspecified atom stereocenters. The Bertz CT molecular complexity index is 789. The normalized spacial score (nSPS) is 15.5. The second-order valence-corrected chi connectivity index (χ2v) is 4.64. The maximum Gasteiger partial charge on any atom is 0.362 e. The largest absolute Gasteiger partial charge is 0.512 e. The van der Waals surface area contributed by atoms with Crippen LogP contribution in [0.4, 0.5) is 5.69 Å². The molecule has 1 saturated carbocycles. The van der Waals surface area contributed by atoms with Gasteiger partial charge in [0.15, 0.2) is 11.3 Å². The monoisotopic (exact) mass is 274 g/mol. The summed E-state index contributed by atoms with van der Waals surface area (Å²) in [5.74, 6) is 0.217. The lowest BCUT2D eigenvalue weighted by Crippen LogP contribution is -2.07. The molecule has 1 N–H and O–H groups in total. The summed E-state index contributed by atoms with van der Waals surface area (Å²) >= 11 is 0. The van der Waals surface area contributed by atoms with Gasteiger partial charge in [0.1, 0.15) is 5.52 Å². The van der Waals surface area contributed by atoms with Gasteiger partial charge in [0, 0.05) is 18.1 Å². The number of non-ortho nitro benzene ring substituents is 1. The minimum absolute atomic E-state index is 0.00393. The van der Waals surface area contributed by atoms with E-state index in [2.05, 4.69) is 4.98 Å². The van der Waals surface area contributed by atoms with E-state index < -0.39 is 10.5 Å². The number of rotatable bonds is 3. The first-order valence-electron chi connectivity index (χ1n) is 6.04. The van der Waals surface area contributed by atoms with E-state index in [-0.39, 0.29) is 28.6 Å². The van der Waals surface area contributed by atoms with Crippen molar-refractivity contribution in [2.24, 2.45) is 5.92 Å². The van der Waals surface area contributed by atoms with Gasteiger partial charge in [-0.05, 0) is 18.9 Å². The Kier molecular flexibility index (Phi) is 2.74. The van der Waals surface area contributed by atoms with Crippen molar-refractivity contribution in [1.29, 1.82) is 0 Å². The summed E-state index contributed by atoms with van der Waals surface area (Å²) in [5.41, 5.74) is -0.537. The molecule has 1 aliphatic carbocycles. The number of nitro groups is 1. The van der Waals surface area contributed by atoms with Gasteiger partial charge in [-0.2, -0.15) is 0 Å². The minimum atomic E-state index is -0.731. The van der Waals surface area contributed by atoms with Crippen LogP contribution in [0.15, 0.2) is 33.2 Å². The van der Waals surface area contributed by atoms with E-state index >= 15 is 0 Å². The molecule has 0 saturated heterocycles. The van der Waals surface area contributed by atoms with Crippen LogP contribution < -0.4 is 5.63 Å². The highest BCUT2D eigenvalue weighted by Gasteiger charge is 2.26. The molecule has 1 aliphatic rings. The SMILES string of the molecule is O=c1oc2cc([N+](=O)[O-])ccc2nc1C=C(O)C1CC1. The molecule has 0 bridgehead atoms. The van der Waals surface area contributed by atoms with Gasteiger partial charge in [0.05, 0.1) is 16.7 Å². The second kappa shape index (κ2) is 4.44. The van der Waals surface area contributed by atoms with Crippen LogP contribution in [0, 0.1) is 16.0 Å². The predicted molar refractivity (Wildman–Crippen MR) is 70.3 cm³/mol. The third-order valence-electron chi connectivity index (χ3n) is 3.09. The number of fused-ring (bicyclic) bond motifs is 1. The Balaban J connectivity index is 2.10. The van der Waals surface area contributed by atoms with Crippen LogP contribution in [0.2, 0.25) is 0 Å². The Labute approximate surface area is 112 Å². The molecule has 0 spiro atoms. The van der Waals surface area contributed by atoms with Crippen LogP contribution in [0.5, 0.6) is 0 Å². The van der Waals surface area contributed by atoms with E-state index in [1.807, 2.05) is 0 Å². The van der Waals surface area contributed by atoms with Crippen LogP contribution in [0.3, 0.4) is 0 Å². The van der Waals surface area contributed by atoms with Crippen LogP contribution in [0.1, 0.15) is 18.5 Å². The molecule has 1 heterocycles. The van der Waals surface area contributed by atoms with Crippen molar-refractivity contribution in [1.82, 2.24) is 4.98 Å². The van der Waals surface area contributed by atoms with Crippen LogP contribution in [-0.4, -0.2) is 15.0 Å². The molecular weight excluding hydrogens is 264 g/mol. The maximum absolute atomic E-state index is 11.7. The Morgan fingerprint density at radius 2 is 2.25 bits per heavy atom. The fraction of sp³-hybridized carbons (Fsp3) is 0.231. The number of allylic oxidation sites excluding steroid dienone is 1. The standard InChI is InChI=1S/C13H10N2O5/c16-11(7-1-2-7)6-10-13(17)20-12-5-8(15(18)19)3-4-9(12)14-10/h3-7,16H,1-2H2. The van der Waals surface area contributed by atoms with Crippen molar-refractivity contribution >= 4 is 22.9 Å². The zero-order chi connectivity index (χ0) is 14.3. The number of hydrogen-bond donors (Lipinski definition) is 1. The highest BCUT2D eigenvalue weighted by Crippen LogP contribution is 2.35.